The second-order valence-corrected chi connectivity index (χ2v) is 8.67. The molecule has 0 aliphatic heterocycles. The molecule has 204 valence electrons. The third kappa shape index (κ3) is 7.98. The van der Waals surface area contributed by atoms with E-state index in [-0.39, 0.29) is 31.4 Å². The summed E-state index contributed by atoms with van der Waals surface area (Å²) in [7, 11) is 3.85. The average molecular weight is 547 g/mol. The van der Waals surface area contributed by atoms with Gasteiger partial charge in [-0.05, 0) is 50.3 Å². The summed E-state index contributed by atoms with van der Waals surface area (Å²) in [5.74, 6) is -2.01. The molecule has 1 amide bonds. The summed E-state index contributed by atoms with van der Waals surface area (Å²) < 4.78 is 42.0. The Labute approximate surface area is 227 Å². The Kier molecular flexibility index (Phi) is 11.6. The molecule has 0 aromatic heterocycles. The topological polar surface area (TPSA) is 101 Å². The number of nitrogen functional groups attached to an aromatic ring is 1. The van der Waals surface area contributed by atoms with Gasteiger partial charge in [0, 0.05) is 30.8 Å². The molecule has 0 radical (unpaired) electrons. The lowest BCUT2D eigenvalue weighted by Crippen LogP contribution is -2.31. The molecule has 7 nitrogen and oxygen atoms in total. The maximum absolute atomic E-state index is 15.3. The Bertz CT molecular complexity index is 1220. The maximum Gasteiger partial charge on any atom is 0.254 e. The molecule has 0 bridgehead atoms. The number of ether oxygens (including phenoxy) is 2. The van der Waals surface area contributed by atoms with Crippen molar-refractivity contribution in [3.05, 3.63) is 89.0 Å². The van der Waals surface area contributed by atoms with Crippen molar-refractivity contribution < 1.29 is 23.0 Å². The third-order valence-corrected chi connectivity index (χ3v) is 5.64. The predicted octanol–water partition coefficient (Wildman–Crippen LogP) is 4.67. The summed E-state index contributed by atoms with van der Waals surface area (Å²) in [6.45, 7) is 2.93. The second kappa shape index (κ2) is 14.4. The molecule has 3 aromatic carbocycles. The number of likely N-dealkylation sites (N-methyl/N-ethyl adjacent to an activating group) is 1. The lowest BCUT2D eigenvalue weighted by Gasteiger charge is -2.20. The van der Waals surface area contributed by atoms with Crippen LogP contribution in [-0.4, -0.2) is 50.5 Å². The highest BCUT2D eigenvalue weighted by Crippen LogP contribution is 2.34. The van der Waals surface area contributed by atoms with Gasteiger partial charge in [0.05, 0.1) is 5.56 Å². The zero-order valence-electron chi connectivity index (χ0n) is 21.6. The minimum atomic E-state index is -1.47. The van der Waals surface area contributed by atoms with Crippen molar-refractivity contribution in [3.63, 3.8) is 0 Å². The lowest BCUT2D eigenvalue weighted by molar-refractivity contribution is -0.133. The number of amidine groups is 1. The van der Waals surface area contributed by atoms with Gasteiger partial charge in [-0.15, -0.1) is 12.4 Å². The van der Waals surface area contributed by atoms with Gasteiger partial charge in [-0.1, -0.05) is 42.5 Å². The normalized spacial score (nSPS) is 11.5. The number of rotatable bonds is 12. The van der Waals surface area contributed by atoms with Crippen LogP contribution >= 0.6 is 12.4 Å². The number of hydrogen-bond acceptors (Lipinski definition) is 5. The predicted molar refractivity (Wildman–Crippen MR) is 147 cm³/mol. The molecule has 3 aromatic rings. The molecule has 0 aliphatic carbocycles. The zero-order valence-corrected chi connectivity index (χ0v) is 22.4. The van der Waals surface area contributed by atoms with Crippen molar-refractivity contribution in [2.24, 2.45) is 5.73 Å². The summed E-state index contributed by atoms with van der Waals surface area (Å²) in [5.41, 5.74) is 7.12. The molecule has 1 atom stereocenters. The molecule has 3 rings (SSSR count). The van der Waals surface area contributed by atoms with E-state index in [1.165, 1.54) is 12.1 Å². The van der Waals surface area contributed by atoms with Gasteiger partial charge in [-0.25, -0.2) is 8.78 Å². The van der Waals surface area contributed by atoms with Gasteiger partial charge in [0.1, 0.15) is 29.8 Å². The van der Waals surface area contributed by atoms with Crippen molar-refractivity contribution in [2.45, 2.75) is 19.6 Å². The van der Waals surface area contributed by atoms with Crippen LogP contribution in [0.2, 0.25) is 0 Å². The molecule has 10 heteroatoms. The third-order valence-electron chi connectivity index (χ3n) is 5.64. The van der Waals surface area contributed by atoms with E-state index in [4.69, 9.17) is 20.6 Å². The van der Waals surface area contributed by atoms with Gasteiger partial charge in [0.25, 0.3) is 5.91 Å². The molecule has 0 spiro atoms. The maximum atomic E-state index is 15.3. The van der Waals surface area contributed by atoms with Crippen LogP contribution in [0.15, 0.2) is 60.7 Å². The van der Waals surface area contributed by atoms with Gasteiger partial charge in [0.15, 0.2) is 6.10 Å². The lowest BCUT2D eigenvalue weighted by atomic mass is 9.99. The molecule has 0 fully saturated rings. The van der Waals surface area contributed by atoms with Gasteiger partial charge in [-0.3, -0.25) is 10.2 Å². The number of benzene rings is 3. The van der Waals surface area contributed by atoms with Crippen LogP contribution in [0.25, 0.3) is 11.1 Å². The first kappa shape index (κ1) is 30.7. The van der Waals surface area contributed by atoms with Crippen molar-refractivity contribution in [1.29, 1.82) is 5.41 Å². The van der Waals surface area contributed by atoms with E-state index in [0.717, 1.165) is 5.56 Å². The van der Waals surface area contributed by atoms with Crippen LogP contribution in [0.1, 0.15) is 29.7 Å². The fraction of sp³-hybridized carbons (Fsp3) is 0.286. The SMILES string of the molecule is CCO[C@H](C(=O)NCc1ccc(C(=N)N)cc1)c1c(F)cc(-c2ccccc2OCCN(C)C)cc1F.Cl. The zero-order chi connectivity index (χ0) is 26.9. The molecule has 38 heavy (non-hydrogen) atoms. The standard InChI is InChI=1S/C28H32F2N4O3.ClH/c1-4-36-26(28(35)33-17-18-9-11-19(12-10-18)27(31)32)25-22(29)15-20(16-23(25)30)21-7-5-6-8-24(21)37-14-13-34(2)3;/h5-12,15-16,26H,4,13-14,17H2,1-3H3,(H3,31,32)(H,33,35);1H/t26-;/m0./s1. The van der Waals surface area contributed by atoms with Gasteiger partial charge in [0.2, 0.25) is 0 Å². The van der Waals surface area contributed by atoms with E-state index in [1.54, 1.807) is 55.5 Å². The van der Waals surface area contributed by atoms with E-state index in [0.29, 0.717) is 35.6 Å². The summed E-state index contributed by atoms with van der Waals surface area (Å²) in [6, 6.07) is 16.1. The summed E-state index contributed by atoms with van der Waals surface area (Å²) >= 11 is 0. The number of amides is 1. The van der Waals surface area contributed by atoms with Crippen LogP contribution in [0.5, 0.6) is 5.75 Å². The monoisotopic (exact) mass is 546 g/mol. The highest BCUT2D eigenvalue weighted by atomic mass is 35.5. The Morgan fingerprint density at radius 2 is 1.71 bits per heavy atom. The Hall–Kier alpha value is -3.53. The molecular formula is C28H33ClF2N4O3. The number of para-hydroxylation sites is 1. The molecule has 0 heterocycles. The summed E-state index contributed by atoms with van der Waals surface area (Å²) in [4.78, 5) is 14.9. The van der Waals surface area contributed by atoms with Crippen LogP contribution < -0.4 is 15.8 Å². The van der Waals surface area contributed by atoms with E-state index in [2.05, 4.69) is 5.32 Å². The van der Waals surface area contributed by atoms with Crippen LogP contribution in [-0.2, 0) is 16.1 Å². The minimum Gasteiger partial charge on any atom is -0.492 e. The fourth-order valence-corrected chi connectivity index (χ4v) is 3.70. The number of halogens is 3. The van der Waals surface area contributed by atoms with Crippen LogP contribution in [0.3, 0.4) is 0 Å². The van der Waals surface area contributed by atoms with Gasteiger partial charge >= 0.3 is 0 Å². The summed E-state index contributed by atoms with van der Waals surface area (Å²) in [5, 5.41) is 10.1. The van der Waals surface area contributed by atoms with Gasteiger partial charge < -0.3 is 25.4 Å². The number of nitrogens with zero attached hydrogens (tertiary/aromatic N) is 1. The highest BCUT2D eigenvalue weighted by molar-refractivity contribution is 5.94. The first-order valence-electron chi connectivity index (χ1n) is 11.9. The molecule has 0 saturated heterocycles. The number of carbonyl (C=O) groups is 1. The Morgan fingerprint density at radius 1 is 1.08 bits per heavy atom. The smallest absolute Gasteiger partial charge is 0.254 e. The van der Waals surface area contributed by atoms with Crippen LogP contribution in [0.4, 0.5) is 8.78 Å². The first-order chi connectivity index (χ1) is 17.7. The minimum absolute atomic E-state index is 0. The van der Waals surface area contributed by atoms with E-state index < -0.39 is 29.2 Å². The van der Waals surface area contributed by atoms with Crippen LogP contribution in [0, 0.1) is 17.0 Å². The van der Waals surface area contributed by atoms with Crippen molar-refractivity contribution in [2.75, 3.05) is 33.9 Å². The molecule has 4 N–H and O–H groups in total. The molecular weight excluding hydrogens is 514 g/mol. The summed E-state index contributed by atoms with van der Waals surface area (Å²) in [6.07, 6.45) is -1.47. The number of nitrogens with one attached hydrogen (secondary N) is 2. The highest BCUT2D eigenvalue weighted by Gasteiger charge is 2.28. The van der Waals surface area contributed by atoms with E-state index >= 15 is 8.78 Å². The average Bonchev–Trinajstić information content (AvgIpc) is 2.86. The van der Waals surface area contributed by atoms with Gasteiger partial charge in [-0.2, -0.15) is 0 Å². The number of carbonyl (C=O) groups excluding carboxylic acids is 1. The van der Waals surface area contributed by atoms with E-state index in [9.17, 15) is 4.79 Å². The van der Waals surface area contributed by atoms with Crippen molar-refractivity contribution in [1.82, 2.24) is 10.2 Å². The first-order valence-corrected chi connectivity index (χ1v) is 11.9. The Balaban J connectivity index is 0.00000507. The largest absolute Gasteiger partial charge is 0.492 e. The Morgan fingerprint density at radius 3 is 2.29 bits per heavy atom. The number of hydrogen-bond donors (Lipinski definition) is 3. The van der Waals surface area contributed by atoms with E-state index in [1.807, 2.05) is 19.0 Å². The molecule has 0 aliphatic rings. The molecule has 0 unspecified atom stereocenters. The van der Waals surface area contributed by atoms with Crippen molar-refractivity contribution in [3.8, 4) is 16.9 Å². The molecule has 0 saturated carbocycles. The second-order valence-electron chi connectivity index (χ2n) is 8.67. The number of nitrogens with two attached hydrogens (primary N) is 1. The quantitative estimate of drug-likeness (QED) is 0.226. The van der Waals surface area contributed by atoms with Crippen molar-refractivity contribution >= 4 is 24.1 Å². The fourth-order valence-electron chi connectivity index (χ4n) is 3.70.